The molecule has 0 spiro atoms. The van der Waals surface area contributed by atoms with Crippen LogP contribution in [-0.2, 0) is 9.59 Å². The van der Waals surface area contributed by atoms with Crippen molar-refractivity contribution >= 4 is 11.9 Å². The second-order valence-electron chi connectivity index (χ2n) is 6.67. The molecule has 0 unspecified atom stereocenters. The zero-order valence-electron chi connectivity index (χ0n) is 16.3. The van der Waals surface area contributed by atoms with Crippen LogP contribution in [0.25, 0.3) is 0 Å². The van der Waals surface area contributed by atoms with E-state index in [4.69, 9.17) is 15.9 Å². The van der Waals surface area contributed by atoms with Crippen LogP contribution in [0.15, 0.2) is 0 Å². The number of hydrogen-bond acceptors (Lipinski definition) is 3. The van der Waals surface area contributed by atoms with Crippen molar-refractivity contribution in [2.75, 3.05) is 6.54 Å². The van der Waals surface area contributed by atoms with E-state index in [1.165, 1.54) is 89.9 Å². The number of carboxylic acids is 2. The van der Waals surface area contributed by atoms with Crippen LogP contribution >= 0.6 is 0 Å². The van der Waals surface area contributed by atoms with Gasteiger partial charge in [0.15, 0.2) is 0 Å². The minimum Gasteiger partial charge on any atom is -0.481 e. The number of aliphatic carboxylic acids is 2. The van der Waals surface area contributed by atoms with Crippen molar-refractivity contribution in [3.05, 3.63) is 0 Å². The van der Waals surface area contributed by atoms with Crippen LogP contribution in [0.2, 0.25) is 0 Å². The molecule has 0 bridgehead atoms. The fraction of sp³-hybridized carbons (Fsp3) is 0.900. The maximum Gasteiger partial charge on any atom is 0.303 e. The van der Waals surface area contributed by atoms with Crippen LogP contribution in [0.3, 0.4) is 0 Å². The molecule has 0 heterocycles. The highest BCUT2D eigenvalue weighted by Gasteiger charge is 2.00. The van der Waals surface area contributed by atoms with Gasteiger partial charge >= 0.3 is 11.9 Å². The number of nitrogens with two attached hydrogens (primary N) is 1. The molecular weight excluding hydrogens is 318 g/mol. The van der Waals surface area contributed by atoms with Gasteiger partial charge in [-0.3, -0.25) is 9.59 Å². The molecule has 0 fully saturated rings. The van der Waals surface area contributed by atoms with Gasteiger partial charge in [0.2, 0.25) is 0 Å². The summed E-state index contributed by atoms with van der Waals surface area (Å²) >= 11 is 0. The van der Waals surface area contributed by atoms with Crippen molar-refractivity contribution in [1.29, 1.82) is 0 Å². The number of carbonyl (C=O) groups is 2. The molecule has 0 amide bonds. The SMILES string of the molecule is CCCCCCCCCCCCCCCCN.O=C(O)CCC(=O)O. The Morgan fingerprint density at radius 2 is 0.880 bits per heavy atom. The normalized spacial score (nSPS) is 10.2. The average Bonchev–Trinajstić information content (AvgIpc) is 2.58. The summed E-state index contributed by atoms with van der Waals surface area (Å²) in [7, 11) is 0. The maximum absolute atomic E-state index is 9.64. The molecule has 0 radical (unpaired) electrons. The number of unbranched alkanes of at least 4 members (excludes halogenated alkanes) is 13. The van der Waals surface area contributed by atoms with Crippen molar-refractivity contribution in [2.24, 2.45) is 5.73 Å². The van der Waals surface area contributed by atoms with Gasteiger partial charge in [-0.25, -0.2) is 0 Å². The molecule has 0 aromatic heterocycles. The zero-order chi connectivity index (χ0) is 19.2. The number of rotatable bonds is 17. The Morgan fingerprint density at radius 3 is 1.12 bits per heavy atom. The number of carboxylic acid groups (broad SMARTS) is 2. The molecule has 25 heavy (non-hydrogen) atoms. The summed E-state index contributed by atoms with van der Waals surface area (Å²) in [6.45, 7) is 3.16. The lowest BCUT2D eigenvalue weighted by molar-refractivity contribution is -0.143. The highest BCUT2D eigenvalue weighted by atomic mass is 16.4. The van der Waals surface area contributed by atoms with Crippen molar-refractivity contribution in [2.45, 2.75) is 110 Å². The summed E-state index contributed by atoms with van der Waals surface area (Å²) in [5.41, 5.74) is 5.47. The molecule has 0 aliphatic rings. The second kappa shape index (κ2) is 22.9. The van der Waals surface area contributed by atoms with E-state index >= 15 is 0 Å². The molecule has 5 nitrogen and oxygen atoms in total. The molecule has 0 aromatic carbocycles. The Morgan fingerprint density at radius 1 is 0.600 bits per heavy atom. The minimum atomic E-state index is -1.08. The first-order valence-electron chi connectivity index (χ1n) is 10.2. The molecule has 0 aliphatic carbocycles. The van der Waals surface area contributed by atoms with E-state index in [-0.39, 0.29) is 12.8 Å². The second-order valence-corrected chi connectivity index (χ2v) is 6.67. The van der Waals surface area contributed by atoms with Gasteiger partial charge in [0.25, 0.3) is 0 Å². The van der Waals surface area contributed by atoms with Crippen LogP contribution in [0.5, 0.6) is 0 Å². The molecular formula is C20H41NO4. The lowest BCUT2D eigenvalue weighted by atomic mass is 10.0. The Hall–Kier alpha value is -1.10. The van der Waals surface area contributed by atoms with E-state index in [9.17, 15) is 9.59 Å². The lowest BCUT2D eigenvalue weighted by Crippen LogP contribution is -2.00. The van der Waals surface area contributed by atoms with Crippen LogP contribution in [0.4, 0.5) is 0 Å². The molecule has 0 rings (SSSR count). The third-order valence-corrected chi connectivity index (χ3v) is 4.11. The van der Waals surface area contributed by atoms with Gasteiger partial charge in [0.1, 0.15) is 0 Å². The fourth-order valence-corrected chi connectivity index (χ4v) is 2.55. The molecule has 150 valence electrons. The average molecular weight is 360 g/mol. The number of hydrogen-bond donors (Lipinski definition) is 3. The summed E-state index contributed by atoms with van der Waals surface area (Å²) in [6.07, 6.45) is 19.3. The van der Waals surface area contributed by atoms with E-state index < -0.39 is 11.9 Å². The zero-order valence-corrected chi connectivity index (χ0v) is 16.3. The van der Waals surface area contributed by atoms with E-state index in [1.54, 1.807) is 0 Å². The summed E-state index contributed by atoms with van der Waals surface area (Å²) < 4.78 is 0. The molecule has 5 heteroatoms. The molecule has 0 atom stereocenters. The predicted octanol–water partition coefficient (Wildman–Crippen LogP) is 5.36. The largest absolute Gasteiger partial charge is 0.481 e. The van der Waals surface area contributed by atoms with E-state index in [2.05, 4.69) is 6.92 Å². The third kappa shape index (κ3) is 31.2. The standard InChI is InChI=1S/C16H35N.C4H6O4/c1-2-3-4-5-6-7-8-9-10-11-12-13-14-15-16-17;5-3(6)1-2-4(7)8/h2-17H2,1H3;1-2H2,(H,5,6)(H,7,8). The Bertz CT molecular complexity index is 267. The van der Waals surface area contributed by atoms with E-state index in [1.807, 2.05) is 0 Å². The molecule has 0 saturated carbocycles. The Balaban J connectivity index is 0. The van der Waals surface area contributed by atoms with E-state index in [0.29, 0.717) is 0 Å². The van der Waals surface area contributed by atoms with Crippen LogP contribution in [0.1, 0.15) is 110 Å². The quantitative estimate of drug-likeness (QED) is 0.303. The summed E-state index contributed by atoms with van der Waals surface area (Å²) in [5, 5.41) is 15.8. The van der Waals surface area contributed by atoms with Crippen LogP contribution in [-0.4, -0.2) is 28.7 Å². The van der Waals surface area contributed by atoms with Crippen molar-refractivity contribution < 1.29 is 19.8 Å². The Labute approximate surface area is 154 Å². The van der Waals surface area contributed by atoms with Gasteiger partial charge in [-0.15, -0.1) is 0 Å². The van der Waals surface area contributed by atoms with Gasteiger partial charge in [-0.1, -0.05) is 90.4 Å². The molecule has 0 saturated heterocycles. The fourth-order valence-electron chi connectivity index (χ4n) is 2.55. The van der Waals surface area contributed by atoms with Crippen LogP contribution in [0, 0.1) is 0 Å². The molecule has 0 aromatic rings. The smallest absolute Gasteiger partial charge is 0.303 e. The topological polar surface area (TPSA) is 101 Å². The van der Waals surface area contributed by atoms with Gasteiger partial charge in [-0.05, 0) is 13.0 Å². The first kappa shape index (κ1) is 26.1. The monoisotopic (exact) mass is 359 g/mol. The first-order chi connectivity index (χ1) is 12.0. The van der Waals surface area contributed by atoms with Crippen molar-refractivity contribution in [3.8, 4) is 0 Å². The van der Waals surface area contributed by atoms with Crippen molar-refractivity contribution in [3.63, 3.8) is 0 Å². The summed E-state index contributed by atoms with van der Waals surface area (Å²) in [4.78, 5) is 19.3. The summed E-state index contributed by atoms with van der Waals surface area (Å²) in [6, 6.07) is 0. The van der Waals surface area contributed by atoms with Gasteiger partial charge in [-0.2, -0.15) is 0 Å². The van der Waals surface area contributed by atoms with Gasteiger partial charge in [0, 0.05) is 0 Å². The van der Waals surface area contributed by atoms with Crippen molar-refractivity contribution in [1.82, 2.24) is 0 Å². The van der Waals surface area contributed by atoms with Gasteiger partial charge < -0.3 is 15.9 Å². The first-order valence-corrected chi connectivity index (χ1v) is 10.2. The highest BCUT2D eigenvalue weighted by molar-refractivity contribution is 5.75. The lowest BCUT2D eigenvalue weighted by Gasteiger charge is -2.02. The summed E-state index contributed by atoms with van der Waals surface area (Å²) in [5.74, 6) is -2.15. The minimum absolute atomic E-state index is 0.296. The molecule has 4 N–H and O–H groups in total. The molecule has 0 aliphatic heterocycles. The van der Waals surface area contributed by atoms with E-state index in [0.717, 1.165) is 6.54 Å². The highest BCUT2D eigenvalue weighted by Crippen LogP contribution is 2.12. The predicted molar refractivity (Wildman–Crippen MR) is 104 cm³/mol. The van der Waals surface area contributed by atoms with Gasteiger partial charge in [0.05, 0.1) is 12.8 Å². The van der Waals surface area contributed by atoms with Crippen LogP contribution < -0.4 is 5.73 Å². The Kier molecular flexibility index (Phi) is 23.9. The third-order valence-electron chi connectivity index (χ3n) is 4.11. The maximum atomic E-state index is 9.64.